The minimum absolute atomic E-state index is 0.0120. The van der Waals surface area contributed by atoms with Crippen LogP contribution in [0.3, 0.4) is 0 Å². The van der Waals surface area contributed by atoms with Gasteiger partial charge in [-0.1, -0.05) is 0 Å². The van der Waals surface area contributed by atoms with Gasteiger partial charge in [0, 0.05) is 24.2 Å². The summed E-state index contributed by atoms with van der Waals surface area (Å²) < 4.78 is 15.4. The highest BCUT2D eigenvalue weighted by molar-refractivity contribution is 6.02. The standard InChI is InChI=1S/C24H25NO7/c1-4-31-23(28)17-5-9-19(10-6-17)25-14-18(13-21(25)26)24(29)32-15(2)22(27)16-7-11-20(30-3)12-8-16/h5-12,15,18H,4,13-14H2,1-3H3/t15-,18+/m0/s1. The third-order valence-electron chi connectivity index (χ3n) is 5.19. The SMILES string of the molecule is CCOC(=O)c1ccc(N2C[C@H](C(=O)O[C@@H](C)C(=O)c3ccc(OC)cc3)CC2=O)cc1. The second-order valence-corrected chi connectivity index (χ2v) is 7.34. The van der Waals surface area contributed by atoms with Crippen LogP contribution in [-0.2, 0) is 19.1 Å². The van der Waals surface area contributed by atoms with Crippen molar-refractivity contribution in [1.29, 1.82) is 0 Å². The van der Waals surface area contributed by atoms with Gasteiger partial charge >= 0.3 is 11.9 Å². The summed E-state index contributed by atoms with van der Waals surface area (Å²) in [5.74, 6) is -1.67. The molecule has 2 aromatic carbocycles. The van der Waals surface area contributed by atoms with Crippen LogP contribution in [0.2, 0.25) is 0 Å². The Morgan fingerprint density at radius 2 is 1.66 bits per heavy atom. The summed E-state index contributed by atoms with van der Waals surface area (Å²) in [5.41, 5.74) is 1.35. The van der Waals surface area contributed by atoms with Crippen molar-refractivity contribution >= 4 is 29.3 Å². The van der Waals surface area contributed by atoms with E-state index in [1.165, 1.54) is 18.9 Å². The molecule has 168 valence electrons. The van der Waals surface area contributed by atoms with Crippen molar-refractivity contribution in [1.82, 2.24) is 0 Å². The molecule has 2 atom stereocenters. The highest BCUT2D eigenvalue weighted by Gasteiger charge is 2.37. The first-order valence-electron chi connectivity index (χ1n) is 10.3. The summed E-state index contributed by atoms with van der Waals surface area (Å²) in [7, 11) is 1.53. The minimum Gasteiger partial charge on any atom is -0.497 e. The number of Topliss-reactive ketones (excluding diaryl/α,β-unsaturated/α-hetero) is 1. The van der Waals surface area contributed by atoms with Gasteiger partial charge in [0.15, 0.2) is 6.10 Å². The summed E-state index contributed by atoms with van der Waals surface area (Å²) in [6, 6.07) is 12.9. The molecule has 0 aliphatic carbocycles. The average Bonchev–Trinajstić information content (AvgIpc) is 3.20. The Bertz CT molecular complexity index is 998. The number of hydrogen-bond donors (Lipinski definition) is 0. The van der Waals surface area contributed by atoms with Gasteiger partial charge in [-0.25, -0.2) is 4.79 Å². The van der Waals surface area contributed by atoms with Crippen LogP contribution in [-0.4, -0.2) is 50.0 Å². The molecule has 2 aromatic rings. The third-order valence-corrected chi connectivity index (χ3v) is 5.19. The summed E-state index contributed by atoms with van der Waals surface area (Å²) >= 11 is 0. The number of carbonyl (C=O) groups excluding carboxylic acids is 4. The van der Waals surface area contributed by atoms with Crippen LogP contribution in [0.25, 0.3) is 0 Å². The van der Waals surface area contributed by atoms with Crippen molar-refractivity contribution in [2.24, 2.45) is 5.92 Å². The molecule has 0 aromatic heterocycles. The topological polar surface area (TPSA) is 99.2 Å². The normalized spacial score (nSPS) is 16.4. The zero-order valence-electron chi connectivity index (χ0n) is 18.2. The molecular weight excluding hydrogens is 414 g/mol. The summed E-state index contributed by atoms with van der Waals surface area (Å²) in [5, 5.41) is 0. The highest BCUT2D eigenvalue weighted by atomic mass is 16.5. The zero-order chi connectivity index (χ0) is 23.3. The van der Waals surface area contributed by atoms with Crippen LogP contribution in [0.4, 0.5) is 5.69 Å². The molecule has 0 N–H and O–H groups in total. The zero-order valence-corrected chi connectivity index (χ0v) is 18.2. The van der Waals surface area contributed by atoms with Crippen molar-refractivity contribution < 1.29 is 33.4 Å². The lowest BCUT2D eigenvalue weighted by Gasteiger charge is -2.18. The second-order valence-electron chi connectivity index (χ2n) is 7.34. The number of esters is 2. The van der Waals surface area contributed by atoms with Gasteiger partial charge in [0.05, 0.1) is 25.2 Å². The number of amides is 1. The van der Waals surface area contributed by atoms with E-state index in [0.717, 1.165) is 0 Å². The maximum Gasteiger partial charge on any atom is 0.338 e. The molecule has 0 unspecified atom stereocenters. The van der Waals surface area contributed by atoms with E-state index in [0.29, 0.717) is 22.6 Å². The fourth-order valence-corrected chi connectivity index (χ4v) is 3.42. The van der Waals surface area contributed by atoms with E-state index in [2.05, 4.69) is 0 Å². The Morgan fingerprint density at radius 3 is 2.25 bits per heavy atom. The number of benzene rings is 2. The van der Waals surface area contributed by atoms with Crippen LogP contribution >= 0.6 is 0 Å². The number of carbonyl (C=O) groups is 4. The Kier molecular flexibility index (Phi) is 7.25. The Morgan fingerprint density at radius 1 is 1.03 bits per heavy atom. The first kappa shape index (κ1) is 23.0. The van der Waals surface area contributed by atoms with Crippen LogP contribution in [0.15, 0.2) is 48.5 Å². The van der Waals surface area contributed by atoms with Gasteiger partial charge in [-0.05, 0) is 62.4 Å². The van der Waals surface area contributed by atoms with E-state index in [1.54, 1.807) is 55.5 Å². The van der Waals surface area contributed by atoms with E-state index in [-0.39, 0.29) is 31.3 Å². The van der Waals surface area contributed by atoms with Crippen LogP contribution in [0, 0.1) is 5.92 Å². The number of hydrogen-bond acceptors (Lipinski definition) is 7. The molecule has 32 heavy (non-hydrogen) atoms. The van der Waals surface area contributed by atoms with Crippen molar-refractivity contribution in [2.75, 3.05) is 25.2 Å². The minimum atomic E-state index is -0.982. The van der Waals surface area contributed by atoms with E-state index >= 15 is 0 Å². The number of anilines is 1. The van der Waals surface area contributed by atoms with Gasteiger partial charge in [-0.3, -0.25) is 14.4 Å². The van der Waals surface area contributed by atoms with Gasteiger partial charge in [0.25, 0.3) is 0 Å². The molecule has 1 fully saturated rings. The number of nitrogens with zero attached hydrogens (tertiary/aromatic N) is 1. The van der Waals surface area contributed by atoms with Gasteiger partial charge in [-0.2, -0.15) is 0 Å². The summed E-state index contributed by atoms with van der Waals surface area (Å²) in [6.07, 6.45) is -0.994. The van der Waals surface area contributed by atoms with E-state index in [4.69, 9.17) is 14.2 Å². The molecular formula is C24H25NO7. The lowest BCUT2D eigenvalue weighted by molar-refractivity contribution is -0.151. The van der Waals surface area contributed by atoms with Crippen LogP contribution in [0.1, 0.15) is 41.0 Å². The fourth-order valence-electron chi connectivity index (χ4n) is 3.42. The van der Waals surface area contributed by atoms with Gasteiger partial charge in [-0.15, -0.1) is 0 Å². The number of ketones is 1. The summed E-state index contributed by atoms with van der Waals surface area (Å²) in [6.45, 7) is 3.64. The average molecular weight is 439 g/mol. The van der Waals surface area contributed by atoms with Gasteiger partial charge < -0.3 is 19.1 Å². The smallest absolute Gasteiger partial charge is 0.338 e. The predicted octanol–water partition coefficient (Wildman–Crippen LogP) is 3.04. The largest absolute Gasteiger partial charge is 0.497 e. The molecule has 1 saturated heterocycles. The Hall–Kier alpha value is -3.68. The van der Waals surface area contributed by atoms with Crippen molar-refractivity contribution in [3.63, 3.8) is 0 Å². The molecule has 0 spiro atoms. The molecule has 8 nitrogen and oxygen atoms in total. The molecule has 1 amide bonds. The summed E-state index contributed by atoms with van der Waals surface area (Å²) in [4.78, 5) is 50.8. The number of methoxy groups -OCH3 is 1. The molecule has 1 aliphatic heterocycles. The molecule has 0 radical (unpaired) electrons. The molecule has 8 heteroatoms. The van der Waals surface area contributed by atoms with Gasteiger partial charge in [0.1, 0.15) is 5.75 Å². The second kappa shape index (κ2) is 10.1. The van der Waals surface area contributed by atoms with Crippen molar-refractivity contribution in [3.8, 4) is 5.75 Å². The Labute approximate surface area is 186 Å². The highest BCUT2D eigenvalue weighted by Crippen LogP contribution is 2.27. The quantitative estimate of drug-likeness (QED) is 0.460. The number of ether oxygens (including phenoxy) is 3. The Balaban J connectivity index is 1.60. The monoisotopic (exact) mass is 439 g/mol. The molecule has 1 aliphatic rings. The first-order valence-corrected chi connectivity index (χ1v) is 10.3. The molecule has 3 rings (SSSR count). The van der Waals surface area contributed by atoms with Crippen molar-refractivity contribution in [2.45, 2.75) is 26.4 Å². The third kappa shape index (κ3) is 5.14. The van der Waals surface area contributed by atoms with E-state index in [9.17, 15) is 19.2 Å². The number of rotatable bonds is 8. The van der Waals surface area contributed by atoms with Crippen molar-refractivity contribution in [3.05, 3.63) is 59.7 Å². The van der Waals surface area contributed by atoms with Crippen LogP contribution < -0.4 is 9.64 Å². The van der Waals surface area contributed by atoms with E-state index in [1.807, 2.05) is 0 Å². The fraction of sp³-hybridized carbons (Fsp3) is 0.333. The van der Waals surface area contributed by atoms with E-state index < -0.39 is 24.0 Å². The maximum atomic E-state index is 12.6. The van der Waals surface area contributed by atoms with Crippen LogP contribution in [0.5, 0.6) is 5.75 Å². The maximum absolute atomic E-state index is 12.6. The molecule has 0 saturated carbocycles. The first-order chi connectivity index (χ1) is 15.3. The molecule has 0 bridgehead atoms. The van der Waals surface area contributed by atoms with Gasteiger partial charge in [0.2, 0.25) is 11.7 Å². The predicted molar refractivity (Wildman–Crippen MR) is 116 cm³/mol. The lowest BCUT2D eigenvalue weighted by Crippen LogP contribution is -2.30. The molecule has 1 heterocycles. The lowest BCUT2D eigenvalue weighted by atomic mass is 10.1.